The topological polar surface area (TPSA) is 63.2 Å². The Balaban J connectivity index is 1.63. The maximum atomic E-state index is 12.0. The normalized spacial score (nSPS) is 26.8. The fraction of sp³-hybridized carbons (Fsp3) is 0.583. The lowest BCUT2D eigenvalue weighted by molar-refractivity contribution is -0.121. The molecule has 1 amide bonds. The van der Waals surface area contributed by atoms with Crippen molar-refractivity contribution in [3.05, 3.63) is 16.5 Å². The molecule has 0 bridgehead atoms. The van der Waals surface area contributed by atoms with Gasteiger partial charge in [0.15, 0.2) is 0 Å². The number of carbonyl (C=O) groups is 1. The van der Waals surface area contributed by atoms with E-state index >= 15 is 0 Å². The Morgan fingerprint density at radius 3 is 2.63 bits per heavy atom. The smallest absolute Gasteiger partial charge is 0.273 e. The van der Waals surface area contributed by atoms with Gasteiger partial charge < -0.3 is 0 Å². The monoisotopic (exact) mass is 319 g/mol. The molecule has 2 saturated carbocycles. The van der Waals surface area contributed by atoms with Gasteiger partial charge in [-0.3, -0.25) is 4.79 Å². The second-order valence-corrected chi connectivity index (χ2v) is 8.85. The van der Waals surface area contributed by atoms with Gasteiger partial charge in [0.05, 0.1) is 4.34 Å². The van der Waals surface area contributed by atoms with E-state index in [-0.39, 0.29) is 16.0 Å². The van der Waals surface area contributed by atoms with E-state index in [1.165, 1.54) is 31.4 Å². The van der Waals surface area contributed by atoms with E-state index in [0.29, 0.717) is 16.2 Å². The molecule has 1 aromatic rings. The van der Waals surface area contributed by atoms with Gasteiger partial charge in [0.1, 0.15) is 4.21 Å². The van der Waals surface area contributed by atoms with Crippen LogP contribution < -0.4 is 4.72 Å². The summed E-state index contributed by atoms with van der Waals surface area (Å²) in [5, 5.41) is 0. The van der Waals surface area contributed by atoms with E-state index in [4.69, 9.17) is 11.6 Å². The Labute approximate surface area is 121 Å². The fourth-order valence-electron chi connectivity index (χ4n) is 2.61. The Hall–Kier alpha value is -0.590. The average Bonchev–Trinajstić information content (AvgIpc) is 2.88. The Morgan fingerprint density at radius 2 is 2.11 bits per heavy atom. The summed E-state index contributed by atoms with van der Waals surface area (Å²) in [6, 6.07) is 2.93. The zero-order valence-corrected chi connectivity index (χ0v) is 12.5. The summed E-state index contributed by atoms with van der Waals surface area (Å²) in [5.41, 5.74) is 0. The SMILES string of the molecule is O=C(NS(=O)(=O)c1ccc(Cl)s1)[C@@H]1C[C@H]1C1CCC1. The van der Waals surface area contributed by atoms with E-state index in [9.17, 15) is 13.2 Å². The lowest BCUT2D eigenvalue weighted by atomic mass is 9.81. The van der Waals surface area contributed by atoms with Gasteiger partial charge in [-0.15, -0.1) is 11.3 Å². The molecule has 0 unspecified atom stereocenters. The number of carbonyl (C=O) groups excluding carboxylic acids is 1. The minimum atomic E-state index is -3.75. The third kappa shape index (κ3) is 2.66. The fourth-order valence-corrected chi connectivity index (χ4v) is 5.12. The third-order valence-electron chi connectivity index (χ3n) is 3.98. The molecule has 2 atom stereocenters. The highest BCUT2D eigenvalue weighted by atomic mass is 35.5. The predicted octanol–water partition coefficient (Wildman–Crippen LogP) is 2.64. The molecule has 1 heterocycles. The molecule has 0 aromatic carbocycles. The molecule has 0 spiro atoms. The van der Waals surface area contributed by atoms with Crippen LogP contribution in [0.1, 0.15) is 25.7 Å². The first kappa shape index (κ1) is 13.4. The first-order chi connectivity index (χ1) is 8.97. The quantitative estimate of drug-likeness (QED) is 0.928. The summed E-state index contributed by atoms with van der Waals surface area (Å²) >= 11 is 6.66. The van der Waals surface area contributed by atoms with E-state index in [1.54, 1.807) is 0 Å². The highest BCUT2D eigenvalue weighted by Crippen LogP contribution is 2.51. The lowest BCUT2D eigenvalue weighted by Gasteiger charge is -2.25. The van der Waals surface area contributed by atoms with Crippen molar-refractivity contribution < 1.29 is 13.2 Å². The summed E-state index contributed by atoms with van der Waals surface area (Å²) < 4.78 is 26.6. The molecule has 0 radical (unpaired) electrons. The van der Waals surface area contributed by atoms with E-state index in [1.807, 2.05) is 0 Å². The zero-order chi connectivity index (χ0) is 13.6. The van der Waals surface area contributed by atoms with Crippen LogP contribution in [0.2, 0.25) is 4.34 Å². The van der Waals surface area contributed by atoms with Gasteiger partial charge in [0.2, 0.25) is 5.91 Å². The van der Waals surface area contributed by atoms with Gasteiger partial charge in [-0.05, 0) is 30.4 Å². The summed E-state index contributed by atoms with van der Waals surface area (Å²) in [6.45, 7) is 0. The van der Waals surface area contributed by atoms with Crippen molar-refractivity contribution in [3.63, 3.8) is 0 Å². The summed E-state index contributed by atoms with van der Waals surface area (Å²) in [6.07, 6.45) is 4.43. The van der Waals surface area contributed by atoms with Gasteiger partial charge in [-0.25, -0.2) is 13.1 Å². The summed E-state index contributed by atoms with van der Waals surface area (Å²) in [4.78, 5) is 11.9. The molecule has 7 heteroatoms. The molecule has 4 nitrogen and oxygen atoms in total. The van der Waals surface area contributed by atoms with E-state index in [2.05, 4.69) is 4.72 Å². The molecule has 0 saturated heterocycles. The summed E-state index contributed by atoms with van der Waals surface area (Å²) in [7, 11) is -3.75. The predicted molar refractivity (Wildman–Crippen MR) is 73.6 cm³/mol. The van der Waals surface area contributed by atoms with Gasteiger partial charge in [0, 0.05) is 5.92 Å². The van der Waals surface area contributed by atoms with Gasteiger partial charge in [0.25, 0.3) is 10.0 Å². The van der Waals surface area contributed by atoms with Gasteiger partial charge in [-0.2, -0.15) is 0 Å². The second kappa shape index (κ2) is 4.75. The largest absolute Gasteiger partial charge is 0.274 e. The minimum Gasteiger partial charge on any atom is -0.274 e. The lowest BCUT2D eigenvalue weighted by Crippen LogP contribution is -2.32. The molecule has 3 rings (SSSR count). The van der Waals surface area contributed by atoms with Crippen LogP contribution in [0.4, 0.5) is 0 Å². The van der Waals surface area contributed by atoms with Crippen LogP contribution in [0.15, 0.2) is 16.3 Å². The number of halogens is 1. The third-order valence-corrected chi connectivity index (χ3v) is 7.05. The van der Waals surface area contributed by atoms with Crippen LogP contribution in [-0.4, -0.2) is 14.3 Å². The van der Waals surface area contributed by atoms with Gasteiger partial charge in [-0.1, -0.05) is 30.9 Å². The first-order valence-electron chi connectivity index (χ1n) is 6.29. The number of hydrogen-bond donors (Lipinski definition) is 1. The number of hydrogen-bond acceptors (Lipinski definition) is 4. The van der Waals surface area contributed by atoms with Crippen molar-refractivity contribution in [2.45, 2.75) is 29.9 Å². The van der Waals surface area contributed by atoms with Crippen molar-refractivity contribution in [2.24, 2.45) is 17.8 Å². The number of nitrogens with one attached hydrogen (secondary N) is 1. The van der Waals surface area contributed by atoms with E-state index in [0.717, 1.165) is 17.8 Å². The summed E-state index contributed by atoms with van der Waals surface area (Å²) in [5.74, 6) is 0.558. The molecule has 19 heavy (non-hydrogen) atoms. The molecule has 0 aliphatic heterocycles. The maximum absolute atomic E-state index is 12.0. The van der Waals surface area contributed by atoms with Crippen molar-refractivity contribution in [3.8, 4) is 0 Å². The second-order valence-electron chi connectivity index (χ2n) is 5.23. The number of amides is 1. The molecular formula is C12H14ClNO3S2. The molecule has 1 N–H and O–H groups in total. The highest BCUT2D eigenvalue weighted by molar-refractivity contribution is 7.92. The van der Waals surface area contributed by atoms with Crippen molar-refractivity contribution >= 4 is 38.9 Å². The molecule has 2 fully saturated rings. The van der Waals surface area contributed by atoms with Crippen LogP contribution in [-0.2, 0) is 14.8 Å². The van der Waals surface area contributed by atoms with E-state index < -0.39 is 10.0 Å². The first-order valence-corrected chi connectivity index (χ1v) is 8.97. The van der Waals surface area contributed by atoms with Crippen molar-refractivity contribution in [1.29, 1.82) is 0 Å². The number of rotatable bonds is 4. The standard InChI is InChI=1S/C12H14ClNO3S2/c13-10-4-5-11(18-10)19(16,17)14-12(15)9-6-8(9)7-2-1-3-7/h4-5,7-9H,1-3,6H2,(H,14,15)/t8-,9+/m0/s1. The van der Waals surface area contributed by atoms with Crippen LogP contribution in [0.25, 0.3) is 0 Å². The number of thiophene rings is 1. The minimum absolute atomic E-state index is 0.0895. The van der Waals surface area contributed by atoms with Crippen LogP contribution in [0.3, 0.4) is 0 Å². The van der Waals surface area contributed by atoms with Gasteiger partial charge >= 0.3 is 0 Å². The molecule has 2 aliphatic rings. The van der Waals surface area contributed by atoms with Crippen LogP contribution in [0, 0.1) is 17.8 Å². The number of sulfonamides is 1. The maximum Gasteiger partial charge on any atom is 0.273 e. The Morgan fingerprint density at radius 1 is 1.37 bits per heavy atom. The molecule has 104 valence electrons. The Kier molecular flexibility index (Phi) is 3.35. The molecule has 2 aliphatic carbocycles. The average molecular weight is 320 g/mol. The van der Waals surface area contributed by atoms with Crippen LogP contribution >= 0.6 is 22.9 Å². The molecular weight excluding hydrogens is 306 g/mol. The van der Waals surface area contributed by atoms with Crippen molar-refractivity contribution in [1.82, 2.24) is 4.72 Å². The highest BCUT2D eigenvalue weighted by Gasteiger charge is 2.49. The zero-order valence-electron chi connectivity index (χ0n) is 10.1. The Bertz CT molecular complexity index is 606. The molecule has 1 aromatic heterocycles. The van der Waals surface area contributed by atoms with Crippen LogP contribution in [0.5, 0.6) is 0 Å². The van der Waals surface area contributed by atoms with Crippen molar-refractivity contribution in [2.75, 3.05) is 0 Å².